The lowest BCUT2D eigenvalue weighted by molar-refractivity contribution is -0.183. The molecule has 0 spiro atoms. The van der Waals surface area contributed by atoms with E-state index < -0.39 is 18.1 Å². The van der Waals surface area contributed by atoms with Crippen LogP contribution in [0, 0.1) is 5.92 Å². The van der Waals surface area contributed by atoms with E-state index in [1.165, 1.54) is 0 Å². The summed E-state index contributed by atoms with van der Waals surface area (Å²) in [5.41, 5.74) is 0. The van der Waals surface area contributed by atoms with E-state index in [1.54, 1.807) is 6.92 Å². The largest absolute Gasteiger partial charge is 0.465 e. The number of ether oxygens (including phenoxy) is 1. The topological polar surface area (TPSA) is 38.3 Å². The van der Waals surface area contributed by atoms with Gasteiger partial charge in [-0.2, -0.15) is 13.2 Å². The van der Waals surface area contributed by atoms with Gasteiger partial charge in [0.05, 0.1) is 19.1 Å². The maximum atomic E-state index is 12.5. The van der Waals surface area contributed by atoms with Crippen molar-refractivity contribution < 1.29 is 22.7 Å². The Labute approximate surface area is 98.7 Å². The zero-order valence-electron chi connectivity index (χ0n) is 9.85. The van der Waals surface area contributed by atoms with Gasteiger partial charge in [-0.3, -0.25) is 4.79 Å². The number of carbonyl (C=O) groups is 1. The highest BCUT2D eigenvalue weighted by atomic mass is 19.4. The maximum absolute atomic E-state index is 12.5. The average Bonchev–Trinajstić information content (AvgIpc) is 2.26. The minimum atomic E-state index is -4.12. The van der Waals surface area contributed by atoms with E-state index in [0.29, 0.717) is 12.8 Å². The molecule has 1 rings (SSSR count). The van der Waals surface area contributed by atoms with E-state index in [4.69, 9.17) is 4.74 Å². The summed E-state index contributed by atoms with van der Waals surface area (Å²) in [5.74, 6) is -1.66. The third kappa shape index (κ3) is 4.93. The van der Waals surface area contributed by atoms with E-state index in [1.807, 2.05) is 0 Å². The smallest absolute Gasteiger partial charge is 0.391 e. The molecule has 1 aliphatic rings. The molecule has 6 heteroatoms. The molecule has 3 nitrogen and oxygen atoms in total. The van der Waals surface area contributed by atoms with Crippen molar-refractivity contribution in [2.75, 3.05) is 13.2 Å². The van der Waals surface area contributed by atoms with Gasteiger partial charge < -0.3 is 10.1 Å². The molecule has 0 aliphatic heterocycles. The van der Waals surface area contributed by atoms with Gasteiger partial charge in [-0.1, -0.05) is 6.42 Å². The van der Waals surface area contributed by atoms with E-state index in [2.05, 4.69) is 5.32 Å². The Bertz CT molecular complexity index is 256. The molecule has 1 fully saturated rings. The molecule has 2 unspecified atom stereocenters. The molecule has 100 valence electrons. The highest BCUT2D eigenvalue weighted by Gasteiger charge is 2.42. The number of hydrogen-bond donors (Lipinski definition) is 1. The molecule has 0 aromatic carbocycles. The lowest BCUT2D eigenvalue weighted by atomic mass is 9.85. The van der Waals surface area contributed by atoms with Crippen LogP contribution in [0.2, 0.25) is 0 Å². The summed E-state index contributed by atoms with van der Waals surface area (Å²) in [7, 11) is 0. The van der Waals surface area contributed by atoms with Crippen molar-refractivity contribution in [1.82, 2.24) is 5.32 Å². The van der Waals surface area contributed by atoms with Crippen molar-refractivity contribution in [3.8, 4) is 0 Å². The molecule has 0 heterocycles. The number of esters is 1. The van der Waals surface area contributed by atoms with Crippen molar-refractivity contribution in [2.45, 2.75) is 44.8 Å². The summed E-state index contributed by atoms with van der Waals surface area (Å²) in [6.07, 6.45) is -2.63. The molecule has 1 aliphatic carbocycles. The number of alkyl halides is 3. The fourth-order valence-corrected chi connectivity index (χ4v) is 2.11. The van der Waals surface area contributed by atoms with Gasteiger partial charge in [0, 0.05) is 6.04 Å². The fraction of sp³-hybridized carbons (Fsp3) is 0.909. The van der Waals surface area contributed by atoms with E-state index in [0.717, 1.165) is 0 Å². The van der Waals surface area contributed by atoms with Gasteiger partial charge >= 0.3 is 12.1 Å². The first kappa shape index (κ1) is 14.3. The van der Waals surface area contributed by atoms with Crippen LogP contribution in [0.3, 0.4) is 0 Å². The zero-order valence-corrected chi connectivity index (χ0v) is 9.85. The van der Waals surface area contributed by atoms with Crippen LogP contribution in [0.15, 0.2) is 0 Å². The minimum Gasteiger partial charge on any atom is -0.465 e. The molecule has 17 heavy (non-hydrogen) atoms. The number of nitrogens with one attached hydrogen (secondary N) is 1. The van der Waals surface area contributed by atoms with Crippen LogP contribution in [0.5, 0.6) is 0 Å². The number of carbonyl (C=O) groups excluding carboxylic acids is 1. The first-order valence-corrected chi connectivity index (χ1v) is 5.89. The van der Waals surface area contributed by atoms with Gasteiger partial charge in [0.25, 0.3) is 0 Å². The molecule has 0 radical (unpaired) electrons. The van der Waals surface area contributed by atoms with Crippen LogP contribution < -0.4 is 5.32 Å². The van der Waals surface area contributed by atoms with Crippen LogP contribution in [0.4, 0.5) is 13.2 Å². The molecular formula is C11H18F3NO2. The second-order valence-corrected chi connectivity index (χ2v) is 4.29. The highest BCUT2D eigenvalue weighted by molar-refractivity contribution is 5.71. The SMILES string of the molecule is CCOC(=O)CNC1CCCC(C(F)(F)F)C1. The molecule has 0 aromatic rings. The molecule has 0 amide bonds. The summed E-state index contributed by atoms with van der Waals surface area (Å²) in [5, 5.41) is 2.83. The summed E-state index contributed by atoms with van der Waals surface area (Å²) in [6, 6.07) is -0.236. The Hall–Kier alpha value is -0.780. The molecule has 2 atom stereocenters. The van der Waals surface area contributed by atoms with E-state index in [9.17, 15) is 18.0 Å². The predicted octanol–water partition coefficient (Wildman–Crippen LogP) is 2.26. The summed E-state index contributed by atoms with van der Waals surface area (Å²) in [4.78, 5) is 11.1. The number of rotatable bonds is 4. The van der Waals surface area contributed by atoms with Gasteiger partial charge in [-0.05, 0) is 26.2 Å². The summed E-state index contributed by atoms with van der Waals surface area (Å²) < 4.78 is 42.2. The summed E-state index contributed by atoms with van der Waals surface area (Å²) in [6.45, 7) is 1.97. The quantitative estimate of drug-likeness (QED) is 0.781. The van der Waals surface area contributed by atoms with Crippen LogP contribution in [0.1, 0.15) is 32.6 Å². The zero-order chi connectivity index (χ0) is 12.9. The third-order valence-electron chi connectivity index (χ3n) is 2.98. The first-order chi connectivity index (χ1) is 7.93. The second-order valence-electron chi connectivity index (χ2n) is 4.29. The van der Waals surface area contributed by atoms with Gasteiger partial charge in [0.15, 0.2) is 0 Å². The van der Waals surface area contributed by atoms with E-state index >= 15 is 0 Å². The van der Waals surface area contributed by atoms with Crippen LogP contribution in [-0.2, 0) is 9.53 Å². The average molecular weight is 253 g/mol. The van der Waals surface area contributed by atoms with Gasteiger partial charge in [-0.15, -0.1) is 0 Å². The predicted molar refractivity (Wildman–Crippen MR) is 56.4 cm³/mol. The highest BCUT2D eigenvalue weighted by Crippen LogP contribution is 2.37. The molecule has 1 N–H and O–H groups in total. The Morgan fingerprint density at radius 2 is 2.12 bits per heavy atom. The monoisotopic (exact) mass is 253 g/mol. The standard InChI is InChI=1S/C11H18F3NO2/c1-2-17-10(16)7-15-9-5-3-4-8(6-9)11(12,13)14/h8-9,15H,2-7H2,1H3. The Morgan fingerprint density at radius 1 is 1.41 bits per heavy atom. The number of hydrogen-bond acceptors (Lipinski definition) is 3. The van der Waals surface area contributed by atoms with Gasteiger partial charge in [0.2, 0.25) is 0 Å². The normalized spacial score (nSPS) is 25.6. The van der Waals surface area contributed by atoms with Crippen molar-refractivity contribution in [2.24, 2.45) is 5.92 Å². The maximum Gasteiger partial charge on any atom is 0.391 e. The molecule has 0 bridgehead atoms. The van der Waals surface area contributed by atoms with Crippen molar-refractivity contribution in [1.29, 1.82) is 0 Å². The fourth-order valence-electron chi connectivity index (χ4n) is 2.11. The minimum absolute atomic E-state index is 0.0108. The lowest BCUT2D eigenvalue weighted by Gasteiger charge is -2.30. The van der Waals surface area contributed by atoms with Crippen LogP contribution >= 0.6 is 0 Å². The van der Waals surface area contributed by atoms with Gasteiger partial charge in [-0.25, -0.2) is 0 Å². The molecule has 1 saturated carbocycles. The number of halogens is 3. The Balaban J connectivity index is 2.32. The van der Waals surface area contributed by atoms with E-state index in [-0.39, 0.29) is 32.0 Å². The molecule has 0 aromatic heterocycles. The molecule has 0 saturated heterocycles. The van der Waals surface area contributed by atoms with Crippen molar-refractivity contribution in [3.63, 3.8) is 0 Å². The Kier molecular flexibility index (Phi) is 5.24. The van der Waals surface area contributed by atoms with Crippen LogP contribution in [-0.4, -0.2) is 31.3 Å². The van der Waals surface area contributed by atoms with Crippen molar-refractivity contribution in [3.05, 3.63) is 0 Å². The van der Waals surface area contributed by atoms with Crippen molar-refractivity contribution >= 4 is 5.97 Å². The first-order valence-electron chi connectivity index (χ1n) is 5.89. The molecular weight excluding hydrogens is 235 g/mol. The Morgan fingerprint density at radius 3 is 2.71 bits per heavy atom. The lowest BCUT2D eigenvalue weighted by Crippen LogP contribution is -2.41. The van der Waals surface area contributed by atoms with Crippen LogP contribution in [0.25, 0.3) is 0 Å². The third-order valence-corrected chi connectivity index (χ3v) is 2.98. The second kappa shape index (κ2) is 6.23. The van der Waals surface area contributed by atoms with Gasteiger partial charge in [0.1, 0.15) is 0 Å². The summed E-state index contributed by atoms with van der Waals surface area (Å²) >= 11 is 0.